The minimum atomic E-state index is -0.124. The fourth-order valence-electron chi connectivity index (χ4n) is 9.07. The Kier molecular flexibility index (Phi) is 7.94. The van der Waals surface area contributed by atoms with Crippen LogP contribution in [-0.2, 0) is 9.53 Å². The topological polar surface area (TPSA) is 26.3 Å². The Labute approximate surface area is 208 Å². The fourth-order valence-corrected chi connectivity index (χ4v) is 9.23. The lowest BCUT2D eigenvalue weighted by molar-refractivity contribution is -0.151. The summed E-state index contributed by atoms with van der Waals surface area (Å²) in [7, 11) is 0. The molecule has 3 saturated carbocycles. The Bertz CT molecular complexity index is 729. The number of ether oxygens (including phenoxy) is 1. The van der Waals surface area contributed by atoms with Gasteiger partial charge in [-0.15, -0.1) is 11.6 Å². The summed E-state index contributed by atoms with van der Waals surface area (Å²) in [6.07, 6.45) is 17.3. The van der Waals surface area contributed by atoms with Crippen LogP contribution in [0.15, 0.2) is 11.6 Å². The summed E-state index contributed by atoms with van der Waals surface area (Å²) in [5.74, 6) is 5.45. The van der Waals surface area contributed by atoms with Crippen molar-refractivity contribution in [3.05, 3.63) is 11.6 Å². The fraction of sp³-hybridized carbons (Fsp3) is 0.900. The van der Waals surface area contributed by atoms with Gasteiger partial charge in [-0.3, -0.25) is 4.79 Å². The average Bonchev–Trinajstić information content (AvgIpc) is 3.11. The molecule has 4 rings (SSSR count). The van der Waals surface area contributed by atoms with Gasteiger partial charge in [0, 0.05) is 12.3 Å². The number of hydrogen-bond acceptors (Lipinski definition) is 2. The number of alkyl halides is 1. The van der Waals surface area contributed by atoms with Crippen molar-refractivity contribution in [2.45, 2.75) is 118 Å². The summed E-state index contributed by atoms with van der Waals surface area (Å²) in [6.45, 7) is 12.5. The second kappa shape index (κ2) is 10.2. The minimum absolute atomic E-state index is 0.0630. The third-order valence-corrected chi connectivity index (χ3v) is 11.0. The normalized spacial score (nSPS) is 41.1. The van der Waals surface area contributed by atoms with Crippen LogP contribution in [0.1, 0.15) is 112 Å². The molecule has 0 amide bonds. The predicted octanol–water partition coefficient (Wildman–Crippen LogP) is 8.57. The molecule has 188 valence electrons. The second-order valence-electron chi connectivity index (χ2n) is 13.1. The van der Waals surface area contributed by atoms with Gasteiger partial charge >= 0.3 is 5.97 Å². The van der Waals surface area contributed by atoms with Crippen molar-refractivity contribution in [1.82, 2.24) is 0 Å². The summed E-state index contributed by atoms with van der Waals surface area (Å²) in [4.78, 5) is 12.0. The van der Waals surface area contributed by atoms with Gasteiger partial charge in [0.1, 0.15) is 6.10 Å². The van der Waals surface area contributed by atoms with Gasteiger partial charge in [0.25, 0.3) is 0 Å². The Morgan fingerprint density at radius 3 is 2.61 bits per heavy atom. The Balaban J connectivity index is 1.43. The Morgan fingerprint density at radius 2 is 1.88 bits per heavy atom. The molecule has 33 heavy (non-hydrogen) atoms. The van der Waals surface area contributed by atoms with E-state index in [0.29, 0.717) is 23.1 Å². The second-order valence-corrected chi connectivity index (χ2v) is 13.5. The molecular formula is C30H49ClO2. The van der Waals surface area contributed by atoms with Crippen LogP contribution in [0.3, 0.4) is 0 Å². The molecule has 4 aliphatic carbocycles. The number of fused-ring (bicyclic) bond motifs is 5. The molecule has 0 aromatic heterocycles. The predicted molar refractivity (Wildman–Crippen MR) is 138 cm³/mol. The molecule has 0 radical (unpaired) electrons. The van der Waals surface area contributed by atoms with Crippen molar-refractivity contribution < 1.29 is 9.53 Å². The summed E-state index contributed by atoms with van der Waals surface area (Å²) in [5.41, 5.74) is 2.47. The molecule has 0 unspecified atom stereocenters. The summed E-state index contributed by atoms with van der Waals surface area (Å²) < 4.78 is 5.77. The van der Waals surface area contributed by atoms with Crippen LogP contribution >= 0.6 is 11.6 Å². The maximum atomic E-state index is 12.0. The monoisotopic (exact) mass is 476 g/mol. The maximum absolute atomic E-state index is 12.0. The van der Waals surface area contributed by atoms with Crippen molar-refractivity contribution in [1.29, 1.82) is 0 Å². The third-order valence-electron chi connectivity index (χ3n) is 10.9. The van der Waals surface area contributed by atoms with Crippen molar-refractivity contribution in [3.63, 3.8) is 0 Å². The van der Waals surface area contributed by atoms with Crippen molar-refractivity contribution in [2.75, 3.05) is 5.88 Å². The van der Waals surface area contributed by atoms with E-state index < -0.39 is 0 Å². The number of carbonyl (C=O) groups excluding carboxylic acids is 1. The molecule has 0 spiro atoms. The molecule has 8 atom stereocenters. The van der Waals surface area contributed by atoms with E-state index in [1.54, 1.807) is 5.57 Å². The van der Waals surface area contributed by atoms with Crippen molar-refractivity contribution in [2.24, 2.45) is 46.3 Å². The highest BCUT2D eigenvalue weighted by atomic mass is 35.5. The van der Waals surface area contributed by atoms with Gasteiger partial charge in [-0.05, 0) is 91.3 Å². The summed E-state index contributed by atoms with van der Waals surface area (Å²) >= 11 is 5.73. The van der Waals surface area contributed by atoms with Crippen LogP contribution < -0.4 is 0 Å². The standard InChI is InChI=1S/C30H49ClO2/c1-20(2)7-6-8-21(3)25-11-12-26-24-10-9-22-19-23(33-28(32)15-18-31)13-16-29(22,4)27(24)14-17-30(25,26)5/h9,20-21,23-27H,6-8,10-19H2,1-5H3/t21-,23-,24-,25+,26-,27-,29-,30+/m0/s1. The SMILES string of the molecule is CC(C)CCC[C@H](C)[C@H]1CC[C@H]2[C@@H]3CC=C4C[C@@H](OC(=O)CCCl)CC[C@]4(C)[C@H]3CC[C@]12C. The third kappa shape index (κ3) is 4.94. The van der Waals surface area contributed by atoms with Gasteiger partial charge in [-0.1, -0.05) is 65.5 Å². The van der Waals surface area contributed by atoms with Gasteiger partial charge in [0.2, 0.25) is 0 Å². The van der Waals surface area contributed by atoms with Crippen LogP contribution in [0.4, 0.5) is 0 Å². The molecule has 0 N–H and O–H groups in total. The molecule has 0 bridgehead atoms. The zero-order valence-electron chi connectivity index (χ0n) is 22.0. The number of halogens is 1. The zero-order valence-corrected chi connectivity index (χ0v) is 22.8. The molecular weight excluding hydrogens is 428 g/mol. The first kappa shape index (κ1) is 25.6. The molecule has 0 saturated heterocycles. The first-order chi connectivity index (χ1) is 15.7. The molecule has 0 heterocycles. The van der Waals surface area contributed by atoms with E-state index in [0.717, 1.165) is 48.3 Å². The molecule has 2 nitrogen and oxygen atoms in total. The Morgan fingerprint density at radius 1 is 1.09 bits per heavy atom. The highest BCUT2D eigenvalue weighted by Gasteiger charge is 2.59. The average molecular weight is 477 g/mol. The van der Waals surface area contributed by atoms with Gasteiger partial charge in [-0.25, -0.2) is 0 Å². The van der Waals surface area contributed by atoms with Crippen LogP contribution in [0.5, 0.6) is 0 Å². The number of rotatable bonds is 8. The molecule has 0 aromatic carbocycles. The lowest BCUT2D eigenvalue weighted by atomic mass is 9.47. The molecule has 0 aromatic rings. The van der Waals surface area contributed by atoms with Crippen LogP contribution in [0, 0.1) is 46.3 Å². The Hall–Kier alpha value is -0.500. The van der Waals surface area contributed by atoms with E-state index in [9.17, 15) is 4.79 Å². The van der Waals surface area contributed by atoms with Crippen LogP contribution in [-0.4, -0.2) is 18.0 Å². The molecule has 3 fully saturated rings. The molecule has 0 aliphatic heterocycles. The number of esters is 1. The van der Waals surface area contributed by atoms with E-state index >= 15 is 0 Å². The first-order valence-corrected chi connectivity index (χ1v) is 14.7. The van der Waals surface area contributed by atoms with Crippen LogP contribution in [0.25, 0.3) is 0 Å². The molecule has 4 aliphatic rings. The van der Waals surface area contributed by atoms with E-state index in [4.69, 9.17) is 16.3 Å². The number of allylic oxidation sites excluding steroid dienone is 1. The van der Waals surface area contributed by atoms with E-state index in [1.807, 2.05) is 0 Å². The van der Waals surface area contributed by atoms with Crippen molar-refractivity contribution in [3.8, 4) is 0 Å². The minimum Gasteiger partial charge on any atom is -0.462 e. The summed E-state index contributed by atoms with van der Waals surface area (Å²) in [6, 6.07) is 0. The maximum Gasteiger partial charge on any atom is 0.307 e. The lowest BCUT2D eigenvalue weighted by Crippen LogP contribution is -2.51. The van der Waals surface area contributed by atoms with Gasteiger partial charge < -0.3 is 4.74 Å². The van der Waals surface area contributed by atoms with E-state index in [2.05, 4.69) is 40.7 Å². The number of hydrogen-bond donors (Lipinski definition) is 0. The van der Waals surface area contributed by atoms with E-state index in [1.165, 1.54) is 57.8 Å². The molecule has 3 heteroatoms. The van der Waals surface area contributed by atoms with E-state index in [-0.39, 0.29) is 12.1 Å². The lowest BCUT2D eigenvalue weighted by Gasteiger charge is -2.58. The first-order valence-electron chi connectivity index (χ1n) is 14.1. The largest absolute Gasteiger partial charge is 0.462 e. The summed E-state index contributed by atoms with van der Waals surface area (Å²) in [5, 5.41) is 0. The van der Waals surface area contributed by atoms with Crippen molar-refractivity contribution >= 4 is 17.6 Å². The van der Waals surface area contributed by atoms with Gasteiger partial charge in [-0.2, -0.15) is 0 Å². The van der Waals surface area contributed by atoms with Gasteiger partial charge in [0.05, 0.1) is 6.42 Å². The zero-order chi connectivity index (χ0) is 23.8. The highest BCUT2D eigenvalue weighted by Crippen LogP contribution is 2.67. The smallest absolute Gasteiger partial charge is 0.307 e. The van der Waals surface area contributed by atoms with Gasteiger partial charge in [0.15, 0.2) is 0 Å². The highest BCUT2D eigenvalue weighted by molar-refractivity contribution is 6.18. The quantitative estimate of drug-likeness (QED) is 0.199. The number of carbonyl (C=O) groups is 1. The van der Waals surface area contributed by atoms with Crippen LogP contribution in [0.2, 0.25) is 0 Å².